The summed E-state index contributed by atoms with van der Waals surface area (Å²) < 4.78 is 5.03. The molecule has 0 rings (SSSR count). The Morgan fingerprint density at radius 2 is 2.27 bits per heavy atom. The molecule has 0 aromatic rings. The largest absolute Gasteiger partial charge is 0.382 e. The summed E-state index contributed by atoms with van der Waals surface area (Å²) in [4.78, 5) is 15.1. The van der Waals surface area contributed by atoms with Crippen molar-refractivity contribution in [3.8, 4) is 0 Å². The lowest BCUT2D eigenvalue weighted by Crippen LogP contribution is -2.15. The van der Waals surface area contributed by atoms with Gasteiger partial charge in [0.15, 0.2) is 0 Å². The van der Waals surface area contributed by atoms with Crippen molar-refractivity contribution in [3.05, 3.63) is 0 Å². The average Bonchev–Trinajstić information content (AvgIpc) is 1.99. The van der Waals surface area contributed by atoms with Crippen molar-refractivity contribution in [3.63, 3.8) is 0 Å². The van der Waals surface area contributed by atoms with Gasteiger partial charge in [-0.15, -0.1) is 0 Å². The lowest BCUT2D eigenvalue weighted by Gasteiger charge is -2.01. The van der Waals surface area contributed by atoms with Crippen LogP contribution >= 0.6 is 0 Å². The van der Waals surface area contributed by atoms with Crippen molar-refractivity contribution >= 4 is 5.97 Å². The zero-order valence-corrected chi connectivity index (χ0v) is 7.05. The molecule has 0 aromatic carbocycles. The minimum Gasteiger partial charge on any atom is -0.382 e. The van der Waals surface area contributed by atoms with Gasteiger partial charge in [-0.05, 0) is 13.3 Å². The van der Waals surface area contributed by atoms with Crippen LogP contribution in [0.15, 0.2) is 0 Å². The smallest absolute Gasteiger partial charge is 0.324 e. The molecule has 0 atom stereocenters. The summed E-state index contributed by atoms with van der Waals surface area (Å²) in [7, 11) is 1.56. The van der Waals surface area contributed by atoms with Gasteiger partial charge in [0.1, 0.15) is 0 Å². The fourth-order valence-corrected chi connectivity index (χ4v) is 0.628. The molecule has 0 heterocycles. The van der Waals surface area contributed by atoms with Crippen LogP contribution < -0.4 is 5.48 Å². The number of carbonyl (C=O) groups excluding carboxylic acids is 1. The van der Waals surface area contributed by atoms with Gasteiger partial charge in [0, 0.05) is 26.7 Å². The first-order chi connectivity index (χ1) is 5.31. The molecule has 0 saturated heterocycles. The summed E-state index contributed by atoms with van der Waals surface area (Å²) in [5.41, 5.74) is 2.32. The zero-order chi connectivity index (χ0) is 8.53. The average molecular weight is 161 g/mol. The molecule has 0 fully saturated rings. The first-order valence-electron chi connectivity index (χ1n) is 3.75. The SMILES string of the molecule is CCOCCCC(=O)ONC. The molecular weight excluding hydrogens is 146 g/mol. The van der Waals surface area contributed by atoms with Crippen LogP contribution in [-0.2, 0) is 14.4 Å². The fourth-order valence-electron chi connectivity index (χ4n) is 0.628. The van der Waals surface area contributed by atoms with Crippen LogP contribution in [0.25, 0.3) is 0 Å². The number of nitrogens with one attached hydrogen (secondary N) is 1. The van der Waals surface area contributed by atoms with E-state index in [-0.39, 0.29) is 5.97 Å². The molecule has 66 valence electrons. The Labute approximate surface area is 66.8 Å². The molecule has 0 radical (unpaired) electrons. The van der Waals surface area contributed by atoms with E-state index in [0.717, 1.165) is 0 Å². The number of ether oxygens (including phenoxy) is 1. The highest BCUT2D eigenvalue weighted by molar-refractivity contribution is 5.68. The molecule has 0 bridgehead atoms. The third-order valence-corrected chi connectivity index (χ3v) is 1.09. The highest BCUT2D eigenvalue weighted by Crippen LogP contribution is 1.91. The van der Waals surface area contributed by atoms with Crippen LogP contribution in [0.3, 0.4) is 0 Å². The third-order valence-electron chi connectivity index (χ3n) is 1.09. The Hall–Kier alpha value is -0.610. The Morgan fingerprint density at radius 3 is 2.82 bits per heavy atom. The Morgan fingerprint density at radius 1 is 1.55 bits per heavy atom. The summed E-state index contributed by atoms with van der Waals surface area (Å²) in [6.07, 6.45) is 1.12. The van der Waals surface area contributed by atoms with Crippen molar-refractivity contribution in [1.29, 1.82) is 0 Å². The van der Waals surface area contributed by atoms with Gasteiger partial charge in [-0.1, -0.05) is 0 Å². The lowest BCUT2D eigenvalue weighted by atomic mass is 10.3. The molecule has 4 heteroatoms. The fraction of sp³-hybridized carbons (Fsp3) is 0.857. The van der Waals surface area contributed by atoms with E-state index in [0.29, 0.717) is 26.1 Å². The maximum atomic E-state index is 10.7. The number of carbonyl (C=O) groups is 1. The maximum Gasteiger partial charge on any atom is 0.324 e. The van der Waals surface area contributed by atoms with Gasteiger partial charge >= 0.3 is 5.97 Å². The molecule has 11 heavy (non-hydrogen) atoms. The minimum atomic E-state index is -0.243. The number of rotatable bonds is 6. The molecule has 0 aliphatic rings. The van der Waals surface area contributed by atoms with Gasteiger partial charge < -0.3 is 9.57 Å². The standard InChI is InChI=1S/C7H15NO3/c1-3-10-6-4-5-7(9)11-8-2/h8H,3-6H2,1-2H3. The van der Waals surface area contributed by atoms with Crippen LogP contribution in [0.1, 0.15) is 19.8 Å². The first kappa shape index (κ1) is 10.4. The topological polar surface area (TPSA) is 47.6 Å². The molecule has 0 aliphatic heterocycles. The van der Waals surface area contributed by atoms with Crippen LogP contribution in [0.2, 0.25) is 0 Å². The molecule has 0 saturated carbocycles. The maximum absolute atomic E-state index is 10.7. The first-order valence-corrected chi connectivity index (χ1v) is 3.75. The monoisotopic (exact) mass is 161 g/mol. The van der Waals surface area contributed by atoms with E-state index in [1.807, 2.05) is 6.92 Å². The van der Waals surface area contributed by atoms with E-state index >= 15 is 0 Å². The molecule has 0 aliphatic carbocycles. The van der Waals surface area contributed by atoms with E-state index in [1.165, 1.54) is 0 Å². The van der Waals surface area contributed by atoms with E-state index in [1.54, 1.807) is 7.05 Å². The second kappa shape index (κ2) is 7.50. The van der Waals surface area contributed by atoms with Crippen LogP contribution in [0, 0.1) is 0 Å². The molecular formula is C7H15NO3. The molecule has 0 amide bonds. The lowest BCUT2D eigenvalue weighted by molar-refractivity contribution is -0.150. The van der Waals surface area contributed by atoms with Gasteiger partial charge in [-0.25, -0.2) is 0 Å². The predicted molar refractivity (Wildman–Crippen MR) is 40.9 cm³/mol. The van der Waals surface area contributed by atoms with Crippen molar-refractivity contribution in [1.82, 2.24) is 5.48 Å². The number of hydrogen-bond acceptors (Lipinski definition) is 4. The zero-order valence-electron chi connectivity index (χ0n) is 7.05. The quantitative estimate of drug-likeness (QED) is 0.454. The number of hydroxylamine groups is 1. The van der Waals surface area contributed by atoms with Crippen LogP contribution in [0.5, 0.6) is 0 Å². The summed E-state index contributed by atoms with van der Waals surface area (Å²) in [5, 5.41) is 0. The van der Waals surface area contributed by atoms with Crippen molar-refractivity contribution in [2.45, 2.75) is 19.8 Å². The molecule has 0 unspecified atom stereocenters. The van der Waals surface area contributed by atoms with Gasteiger partial charge in [-0.3, -0.25) is 4.79 Å². The van der Waals surface area contributed by atoms with Gasteiger partial charge in [0.05, 0.1) is 0 Å². The third kappa shape index (κ3) is 7.29. The summed E-state index contributed by atoms with van der Waals surface area (Å²) in [6, 6.07) is 0. The molecule has 1 N–H and O–H groups in total. The second-order valence-electron chi connectivity index (χ2n) is 1.98. The van der Waals surface area contributed by atoms with E-state index in [9.17, 15) is 4.79 Å². The highest BCUT2D eigenvalue weighted by Gasteiger charge is 1.99. The summed E-state index contributed by atoms with van der Waals surface area (Å²) >= 11 is 0. The van der Waals surface area contributed by atoms with Crippen molar-refractivity contribution in [2.75, 3.05) is 20.3 Å². The van der Waals surface area contributed by atoms with Crippen molar-refractivity contribution < 1.29 is 14.4 Å². The Bertz CT molecular complexity index is 106. The van der Waals surface area contributed by atoms with Crippen LogP contribution in [0.4, 0.5) is 0 Å². The Kier molecular flexibility index (Phi) is 7.08. The Balaban J connectivity index is 3.04. The highest BCUT2D eigenvalue weighted by atomic mass is 16.7. The van der Waals surface area contributed by atoms with E-state index < -0.39 is 0 Å². The summed E-state index contributed by atoms with van der Waals surface area (Å²) in [5.74, 6) is -0.243. The normalized spacial score (nSPS) is 9.64. The van der Waals surface area contributed by atoms with E-state index in [4.69, 9.17) is 4.74 Å². The van der Waals surface area contributed by atoms with Gasteiger partial charge in [-0.2, -0.15) is 5.48 Å². The van der Waals surface area contributed by atoms with Gasteiger partial charge in [0.25, 0.3) is 0 Å². The second-order valence-corrected chi connectivity index (χ2v) is 1.98. The van der Waals surface area contributed by atoms with E-state index in [2.05, 4.69) is 10.3 Å². The molecule has 0 spiro atoms. The molecule has 0 aromatic heterocycles. The number of hydrogen-bond donors (Lipinski definition) is 1. The van der Waals surface area contributed by atoms with Crippen molar-refractivity contribution in [2.24, 2.45) is 0 Å². The molecule has 4 nitrogen and oxygen atoms in total. The minimum absolute atomic E-state index is 0.243. The summed E-state index contributed by atoms with van der Waals surface area (Å²) in [6.45, 7) is 3.24. The van der Waals surface area contributed by atoms with Crippen LogP contribution in [-0.4, -0.2) is 26.2 Å². The predicted octanol–water partition coefficient (Wildman–Crippen LogP) is 0.481. The van der Waals surface area contributed by atoms with Gasteiger partial charge in [0.2, 0.25) is 0 Å².